The summed E-state index contributed by atoms with van der Waals surface area (Å²) in [7, 11) is 1.40. The minimum Gasteiger partial charge on any atom is -0.469 e. The minimum absolute atomic E-state index is 0.145. The zero-order valence-electron chi connectivity index (χ0n) is 13.9. The molecule has 4 rings (SSSR count). The molecule has 3 heterocycles. The summed E-state index contributed by atoms with van der Waals surface area (Å²) in [6, 6.07) is 9.58. The van der Waals surface area contributed by atoms with E-state index in [4.69, 9.17) is 9.72 Å². The molecular formula is C18H18N4O3. The molecule has 1 amide bonds. The number of benzene rings is 1. The number of carbonyl (C=O) groups is 2. The van der Waals surface area contributed by atoms with Gasteiger partial charge in [0.05, 0.1) is 13.0 Å². The van der Waals surface area contributed by atoms with Crippen molar-refractivity contribution in [2.45, 2.75) is 6.42 Å². The fourth-order valence-corrected chi connectivity index (χ4v) is 3.22. The van der Waals surface area contributed by atoms with Crippen molar-refractivity contribution in [3.8, 4) is 11.4 Å². The SMILES string of the molecule is COC(=O)C1CN(c2nc(-c3ccccc3)nc3c2CCNC3=O)C1. The molecule has 0 aliphatic carbocycles. The van der Waals surface area contributed by atoms with Crippen LogP contribution in [0.1, 0.15) is 16.1 Å². The number of nitrogens with one attached hydrogen (secondary N) is 1. The molecule has 1 aromatic heterocycles. The number of methoxy groups -OCH3 is 1. The third-order valence-electron chi connectivity index (χ3n) is 4.61. The molecule has 7 nitrogen and oxygen atoms in total. The summed E-state index contributed by atoms with van der Waals surface area (Å²) < 4.78 is 4.80. The Labute approximate surface area is 145 Å². The maximum absolute atomic E-state index is 12.3. The molecule has 2 aromatic rings. The van der Waals surface area contributed by atoms with Crippen LogP contribution in [-0.2, 0) is 16.0 Å². The highest BCUT2D eigenvalue weighted by Crippen LogP contribution is 2.32. The van der Waals surface area contributed by atoms with Crippen molar-refractivity contribution < 1.29 is 14.3 Å². The lowest BCUT2D eigenvalue weighted by atomic mass is 9.97. The van der Waals surface area contributed by atoms with E-state index in [0.29, 0.717) is 37.6 Å². The Kier molecular flexibility index (Phi) is 3.83. The third kappa shape index (κ3) is 2.71. The second-order valence-corrected chi connectivity index (χ2v) is 6.19. The van der Waals surface area contributed by atoms with Crippen LogP contribution in [-0.4, -0.2) is 48.6 Å². The first kappa shape index (κ1) is 15.6. The number of carbonyl (C=O) groups excluding carboxylic acids is 2. The van der Waals surface area contributed by atoms with Crippen LogP contribution < -0.4 is 10.2 Å². The molecule has 2 aliphatic heterocycles. The molecule has 0 spiro atoms. The van der Waals surface area contributed by atoms with Gasteiger partial charge in [0.25, 0.3) is 5.91 Å². The molecule has 1 aromatic carbocycles. The molecule has 25 heavy (non-hydrogen) atoms. The van der Waals surface area contributed by atoms with E-state index < -0.39 is 0 Å². The Balaban J connectivity index is 1.74. The predicted molar refractivity (Wildman–Crippen MR) is 91.2 cm³/mol. The number of esters is 1. The zero-order chi connectivity index (χ0) is 17.4. The lowest BCUT2D eigenvalue weighted by molar-refractivity contribution is -0.146. The molecule has 0 saturated carbocycles. The van der Waals surface area contributed by atoms with Crippen LogP contribution in [0.15, 0.2) is 30.3 Å². The standard InChI is InChI=1S/C18H18N4O3/c1-25-18(24)12-9-22(10-12)16-13-7-8-19-17(23)14(13)20-15(21-16)11-5-3-2-4-6-11/h2-6,12H,7-10H2,1H3,(H,19,23). The smallest absolute Gasteiger partial charge is 0.312 e. The summed E-state index contributed by atoms with van der Waals surface area (Å²) in [6.07, 6.45) is 0.685. The van der Waals surface area contributed by atoms with E-state index in [1.54, 1.807) is 0 Å². The fourth-order valence-electron chi connectivity index (χ4n) is 3.22. The molecule has 1 N–H and O–H groups in total. The Bertz CT molecular complexity index is 832. The van der Waals surface area contributed by atoms with Crippen LogP contribution in [0.4, 0.5) is 5.82 Å². The van der Waals surface area contributed by atoms with Gasteiger partial charge in [-0.25, -0.2) is 9.97 Å². The van der Waals surface area contributed by atoms with Crippen LogP contribution in [0, 0.1) is 5.92 Å². The fraction of sp³-hybridized carbons (Fsp3) is 0.333. The van der Waals surface area contributed by atoms with Crippen LogP contribution >= 0.6 is 0 Å². The largest absolute Gasteiger partial charge is 0.469 e. The Morgan fingerprint density at radius 2 is 2.00 bits per heavy atom. The maximum Gasteiger partial charge on any atom is 0.312 e. The van der Waals surface area contributed by atoms with Crippen LogP contribution in [0.25, 0.3) is 11.4 Å². The van der Waals surface area contributed by atoms with Gasteiger partial charge in [0, 0.05) is 30.8 Å². The van der Waals surface area contributed by atoms with Gasteiger partial charge in [-0.2, -0.15) is 0 Å². The zero-order valence-corrected chi connectivity index (χ0v) is 13.9. The van der Waals surface area contributed by atoms with Gasteiger partial charge >= 0.3 is 5.97 Å². The van der Waals surface area contributed by atoms with E-state index in [9.17, 15) is 9.59 Å². The lowest BCUT2D eigenvalue weighted by Gasteiger charge is -2.40. The number of anilines is 1. The first-order valence-corrected chi connectivity index (χ1v) is 8.24. The van der Waals surface area contributed by atoms with Gasteiger partial charge in [-0.05, 0) is 6.42 Å². The number of nitrogens with zero attached hydrogens (tertiary/aromatic N) is 3. The molecule has 0 unspecified atom stereocenters. The van der Waals surface area contributed by atoms with Crippen molar-refractivity contribution in [3.05, 3.63) is 41.6 Å². The van der Waals surface area contributed by atoms with Crippen molar-refractivity contribution in [3.63, 3.8) is 0 Å². The van der Waals surface area contributed by atoms with Gasteiger partial charge in [0.15, 0.2) is 5.82 Å². The molecular weight excluding hydrogens is 320 g/mol. The van der Waals surface area contributed by atoms with Gasteiger partial charge in [-0.15, -0.1) is 0 Å². The van der Waals surface area contributed by atoms with Crippen molar-refractivity contribution >= 4 is 17.7 Å². The molecule has 0 radical (unpaired) electrons. The van der Waals surface area contributed by atoms with Crippen LogP contribution in [0.3, 0.4) is 0 Å². The second-order valence-electron chi connectivity index (χ2n) is 6.19. The van der Waals surface area contributed by atoms with Crippen molar-refractivity contribution in [2.24, 2.45) is 5.92 Å². The Hall–Kier alpha value is -2.96. The topological polar surface area (TPSA) is 84.4 Å². The summed E-state index contributed by atoms with van der Waals surface area (Å²) in [5.74, 6) is 0.743. The van der Waals surface area contributed by atoms with Gasteiger partial charge in [0.2, 0.25) is 0 Å². The van der Waals surface area contributed by atoms with E-state index >= 15 is 0 Å². The highest BCUT2D eigenvalue weighted by molar-refractivity contribution is 5.96. The lowest BCUT2D eigenvalue weighted by Crippen LogP contribution is -2.52. The van der Waals surface area contributed by atoms with E-state index in [0.717, 1.165) is 16.9 Å². The summed E-state index contributed by atoms with van der Waals surface area (Å²) in [6.45, 7) is 1.67. The minimum atomic E-state index is -0.208. The monoisotopic (exact) mass is 338 g/mol. The second kappa shape index (κ2) is 6.16. The third-order valence-corrected chi connectivity index (χ3v) is 4.61. The summed E-state index contributed by atoms with van der Waals surface area (Å²) >= 11 is 0. The summed E-state index contributed by atoms with van der Waals surface area (Å²) in [5.41, 5.74) is 2.14. The first-order valence-electron chi connectivity index (χ1n) is 8.24. The van der Waals surface area contributed by atoms with Crippen molar-refractivity contribution in [1.82, 2.24) is 15.3 Å². The quantitative estimate of drug-likeness (QED) is 0.842. The molecule has 1 saturated heterocycles. The predicted octanol–water partition coefficient (Wildman–Crippen LogP) is 1.04. The average molecular weight is 338 g/mol. The van der Waals surface area contributed by atoms with E-state index in [-0.39, 0.29) is 17.8 Å². The average Bonchev–Trinajstić information content (AvgIpc) is 2.61. The molecule has 2 aliphatic rings. The van der Waals surface area contributed by atoms with Gasteiger partial charge in [0.1, 0.15) is 11.5 Å². The molecule has 7 heteroatoms. The van der Waals surface area contributed by atoms with Gasteiger partial charge < -0.3 is 15.0 Å². The Morgan fingerprint density at radius 3 is 2.72 bits per heavy atom. The van der Waals surface area contributed by atoms with E-state index in [2.05, 4.69) is 10.3 Å². The number of rotatable bonds is 3. The number of amides is 1. The molecule has 0 bridgehead atoms. The number of ether oxygens (including phenoxy) is 1. The van der Waals surface area contributed by atoms with Crippen LogP contribution in [0.2, 0.25) is 0 Å². The first-order chi connectivity index (χ1) is 12.2. The molecule has 0 atom stereocenters. The number of aromatic nitrogens is 2. The van der Waals surface area contributed by atoms with Crippen molar-refractivity contribution in [1.29, 1.82) is 0 Å². The van der Waals surface area contributed by atoms with E-state index in [1.807, 2.05) is 35.2 Å². The van der Waals surface area contributed by atoms with Gasteiger partial charge in [-0.1, -0.05) is 30.3 Å². The highest BCUT2D eigenvalue weighted by Gasteiger charge is 2.37. The molecule has 1 fully saturated rings. The normalized spacial score (nSPS) is 16.7. The molecule has 128 valence electrons. The summed E-state index contributed by atoms with van der Waals surface area (Å²) in [4.78, 5) is 35.2. The summed E-state index contributed by atoms with van der Waals surface area (Å²) in [5, 5.41) is 2.83. The van der Waals surface area contributed by atoms with Crippen molar-refractivity contribution in [2.75, 3.05) is 31.6 Å². The van der Waals surface area contributed by atoms with Gasteiger partial charge in [-0.3, -0.25) is 9.59 Å². The van der Waals surface area contributed by atoms with Crippen LogP contribution in [0.5, 0.6) is 0 Å². The number of hydrogen-bond donors (Lipinski definition) is 1. The van der Waals surface area contributed by atoms with E-state index in [1.165, 1.54) is 7.11 Å². The highest BCUT2D eigenvalue weighted by atomic mass is 16.5. The Morgan fingerprint density at radius 1 is 1.24 bits per heavy atom. The number of fused-ring (bicyclic) bond motifs is 1. The number of hydrogen-bond acceptors (Lipinski definition) is 6. The maximum atomic E-state index is 12.3.